The Labute approximate surface area is 116 Å². The van der Waals surface area contributed by atoms with Crippen LogP contribution >= 0.6 is 0 Å². The van der Waals surface area contributed by atoms with Gasteiger partial charge in [-0.2, -0.15) is 0 Å². The van der Waals surface area contributed by atoms with Crippen molar-refractivity contribution in [1.82, 2.24) is 0 Å². The number of rotatable bonds is 5. The minimum atomic E-state index is -1.61. The average Bonchev–Trinajstić information content (AvgIpc) is 2.47. The highest BCUT2D eigenvalue weighted by Gasteiger charge is 2.23. The molecule has 2 rings (SSSR count). The third kappa shape index (κ3) is 3.34. The molecule has 0 aliphatic heterocycles. The van der Waals surface area contributed by atoms with Crippen LogP contribution in [0.2, 0.25) is 0 Å². The first kappa shape index (κ1) is 14.0. The van der Waals surface area contributed by atoms with Gasteiger partial charge in [0.1, 0.15) is 6.10 Å². The lowest BCUT2D eigenvalue weighted by atomic mass is 10.0. The predicted octanol–water partition coefficient (Wildman–Crippen LogP) is 1.31. The van der Waals surface area contributed by atoms with Gasteiger partial charge in [0.15, 0.2) is 6.10 Å². The maximum Gasteiger partial charge on any atom is 0.249 e. The number of aliphatic hydroxyl groups excluding tert-OH is 2. The number of carbonyl (C=O) groups is 1. The maximum absolute atomic E-state index is 10.8. The van der Waals surface area contributed by atoms with Gasteiger partial charge >= 0.3 is 0 Å². The van der Waals surface area contributed by atoms with Crippen LogP contribution in [-0.2, 0) is 4.79 Å². The van der Waals surface area contributed by atoms with E-state index in [0.29, 0.717) is 5.56 Å². The molecule has 0 aliphatic carbocycles. The van der Waals surface area contributed by atoms with E-state index >= 15 is 0 Å². The molecule has 0 radical (unpaired) electrons. The highest BCUT2D eigenvalue weighted by molar-refractivity contribution is 5.79. The smallest absolute Gasteiger partial charge is 0.249 e. The lowest BCUT2D eigenvalue weighted by Gasteiger charge is -2.15. The average molecular weight is 272 g/mol. The Bertz CT molecular complexity index is 569. The van der Waals surface area contributed by atoms with Crippen molar-refractivity contribution in [2.45, 2.75) is 12.2 Å². The van der Waals surface area contributed by atoms with E-state index < -0.39 is 18.1 Å². The molecule has 5 heteroatoms. The van der Waals surface area contributed by atoms with Crippen molar-refractivity contribution < 1.29 is 15.0 Å². The standard InChI is InChI=1S/C15H16N2O3/c16-15(20)14(19)13(18)10-6-8-12(9-7-10)17-11-4-2-1-3-5-11/h1-9,13-14,17-19H,(H2,16,20). The summed E-state index contributed by atoms with van der Waals surface area (Å²) in [6.45, 7) is 0. The van der Waals surface area contributed by atoms with Crippen LogP contribution in [0, 0.1) is 0 Å². The van der Waals surface area contributed by atoms with Gasteiger partial charge in [0.25, 0.3) is 0 Å². The zero-order chi connectivity index (χ0) is 14.5. The number of hydrogen-bond acceptors (Lipinski definition) is 4. The minimum Gasteiger partial charge on any atom is -0.385 e. The van der Waals surface area contributed by atoms with Gasteiger partial charge in [-0.3, -0.25) is 4.79 Å². The molecule has 0 aliphatic rings. The van der Waals surface area contributed by atoms with Crippen molar-refractivity contribution in [1.29, 1.82) is 0 Å². The van der Waals surface area contributed by atoms with Crippen molar-refractivity contribution in [3.8, 4) is 0 Å². The van der Waals surface area contributed by atoms with Gasteiger partial charge in [0.05, 0.1) is 0 Å². The van der Waals surface area contributed by atoms with E-state index in [2.05, 4.69) is 5.32 Å². The normalized spacial score (nSPS) is 13.5. The molecule has 20 heavy (non-hydrogen) atoms. The summed E-state index contributed by atoms with van der Waals surface area (Å²) in [5.74, 6) is -0.955. The molecule has 2 atom stereocenters. The largest absolute Gasteiger partial charge is 0.385 e. The van der Waals surface area contributed by atoms with E-state index in [-0.39, 0.29) is 0 Å². The van der Waals surface area contributed by atoms with Crippen molar-refractivity contribution in [2.75, 3.05) is 5.32 Å². The fourth-order valence-corrected chi connectivity index (χ4v) is 1.79. The van der Waals surface area contributed by atoms with Crippen LogP contribution in [0.4, 0.5) is 11.4 Å². The van der Waals surface area contributed by atoms with E-state index in [9.17, 15) is 15.0 Å². The Morgan fingerprint density at radius 2 is 1.50 bits per heavy atom. The number of benzene rings is 2. The first-order valence-corrected chi connectivity index (χ1v) is 6.15. The summed E-state index contributed by atoms with van der Waals surface area (Å²) in [7, 11) is 0. The quantitative estimate of drug-likeness (QED) is 0.660. The lowest BCUT2D eigenvalue weighted by molar-refractivity contribution is -0.131. The number of aliphatic hydroxyl groups is 2. The molecule has 0 saturated heterocycles. The van der Waals surface area contributed by atoms with Crippen molar-refractivity contribution in [2.24, 2.45) is 5.73 Å². The summed E-state index contributed by atoms with van der Waals surface area (Å²) in [5.41, 5.74) is 7.15. The molecule has 0 bridgehead atoms. The summed E-state index contributed by atoms with van der Waals surface area (Å²) in [5, 5.41) is 22.4. The van der Waals surface area contributed by atoms with Crippen LogP contribution in [-0.4, -0.2) is 22.2 Å². The van der Waals surface area contributed by atoms with Crippen LogP contribution in [0.5, 0.6) is 0 Å². The fraction of sp³-hybridized carbons (Fsp3) is 0.133. The molecule has 2 unspecified atom stereocenters. The van der Waals surface area contributed by atoms with Gasteiger partial charge < -0.3 is 21.3 Å². The lowest BCUT2D eigenvalue weighted by Crippen LogP contribution is -2.33. The molecule has 0 aromatic heterocycles. The Morgan fingerprint density at radius 3 is 2.05 bits per heavy atom. The highest BCUT2D eigenvalue weighted by atomic mass is 16.3. The summed E-state index contributed by atoms with van der Waals surface area (Å²) in [6, 6.07) is 16.4. The number of nitrogens with two attached hydrogens (primary N) is 1. The molecule has 0 heterocycles. The monoisotopic (exact) mass is 272 g/mol. The highest BCUT2D eigenvalue weighted by Crippen LogP contribution is 2.21. The van der Waals surface area contributed by atoms with Crippen LogP contribution in [0.3, 0.4) is 0 Å². The predicted molar refractivity (Wildman–Crippen MR) is 76.3 cm³/mol. The molecule has 0 fully saturated rings. The van der Waals surface area contributed by atoms with Gasteiger partial charge in [-0.05, 0) is 29.8 Å². The number of primary amides is 1. The van der Waals surface area contributed by atoms with Gasteiger partial charge in [0.2, 0.25) is 5.91 Å². The Balaban J connectivity index is 2.08. The van der Waals surface area contributed by atoms with Gasteiger partial charge in [0, 0.05) is 11.4 Å². The van der Waals surface area contributed by atoms with Crippen molar-refractivity contribution >= 4 is 17.3 Å². The molecule has 5 nitrogen and oxygen atoms in total. The summed E-state index contributed by atoms with van der Waals surface area (Å²) in [6.07, 6.45) is -2.93. The summed E-state index contributed by atoms with van der Waals surface area (Å²) in [4.78, 5) is 10.8. The molecule has 0 saturated carbocycles. The topological polar surface area (TPSA) is 95.6 Å². The first-order valence-electron chi connectivity index (χ1n) is 6.15. The second kappa shape index (κ2) is 6.18. The summed E-state index contributed by atoms with van der Waals surface area (Å²) < 4.78 is 0. The van der Waals surface area contributed by atoms with Crippen LogP contribution in [0.15, 0.2) is 54.6 Å². The first-order chi connectivity index (χ1) is 9.58. The fourth-order valence-electron chi connectivity index (χ4n) is 1.79. The van der Waals surface area contributed by atoms with Crippen LogP contribution < -0.4 is 11.1 Å². The van der Waals surface area contributed by atoms with Gasteiger partial charge in [-0.1, -0.05) is 30.3 Å². The molecule has 2 aromatic carbocycles. The number of anilines is 2. The van der Waals surface area contributed by atoms with Crippen LogP contribution in [0.25, 0.3) is 0 Å². The van der Waals surface area contributed by atoms with Gasteiger partial charge in [-0.25, -0.2) is 0 Å². The van der Waals surface area contributed by atoms with Gasteiger partial charge in [-0.15, -0.1) is 0 Å². The second-order valence-electron chi connectivity index (χ2n) is 4.41. The number of nitrogens with one attached hydrogen (secondary N) is 1. The Morgan fingerprint density at radius 1 is 0.950 bits per heavy atom. The van der Waals surface area contributed by atoms with E-state index in [0.717, 1.165) is 11.4 Å². The molecular formula is C15H16N2O3. The molecule has 0 spiro atoms. The number of amides is 1. The zero-order valence-corrected chi connectivity index (χ0v) is 10.7. The second-order valence-corrected chi connectivity index (χ2v) is 4.41. The number of para-hydroxylation sites is 1. The Kier molecular flexibility index (Phi) is 4.34. The zero-order valence-electron chi connectivity index (χ0n) is 10.7. The van der Waals surface area contributed by atoms with E-state index in [1.54, 1.807) is 24.3 Å². The van der Waals surface area contributed by atoms with Crippen molar-refractivity contribution in [3.63, 3.8) is 0 Å². The summed E-state index contributed by atoms with van der Waals surface area (Å²) >= 11 is 0. The third-order valence-corrected chi connectivity index (χ3v) is 2.91. The molecule has 1 amide bonds. The van der Waals surface area contributed by atoms with E-state index in [1.165, 1.54) is 0 Å². The van der Waals surface area contributed by atoms with E-state index in [4.69, 9.17) is 5.73 Å². The minimum absolute atomic E-state index is 0.426. The molecule has 104 valence electrons. The SMILES string of the molecule is NC(=O)C(O)C(O)c1ccc(Nc2ccccc2)cc1. The van der Waals surface area contributed by atoms with Crippen LogP contribution in [0.1, 0.15) is 11.7 Å². The number of hydrogen-bond donors (Lipinski definition) is 4. The molecule has 5 N–H and O–H groups in total. The van der Waals surface area contributed by atoms with Crippen molar-refractivity contribution in [3.05, 3.63) is 60.2 Å². The van der Waals surface area contributed by atoms with E-state index in [1.807, 2.05) is 30.3 Å². The number of carbonyl (C=O) groups excluding carboxylic acids is 1. The molecular weight excluding hydrogens is 256 g/mol. The maximum atomic E-state index is 10.8. The molecule has 2 aromatic rings. The third-order valence-electron chi connectivity index (χ3n) is 2.91. The Hall–Kier alpha value is -2.37.